The van der Waals surface area contributed by atoms with Crippen molar-refractivity contribution >= 4 is 32.6 Å². The highest BCUT2D eigenvalue weighted by molar-refractivity contribution is 7.22. The monoisotopic (exact) mass is 315 g/mol. The lowest BCUT2D eigenvalue weighted by molar-refractivity contribution is -0.138. The first-order valence-corrected chi connectivity index (χ1v) is 8.91. The summed E-state index contributed by atoms with van der Waals surface area (Å²) in [7, 11) is 0. The average molecular weight is 315 g/mol. The standard InChI is InChI=1S/C17H21N3OS/c1-12-5-4-8-19(9-12)16(21)13-10-20(11-13)17-18-14-6-2-3-7-15(14)22-17/h2-3,6-7,12-13H,4-5,8-11H2,1H3. The van der Waals surface area contributed by atoms with Gasteiger partial charge in [0.15, 0.2) is 5.13 Å². The van der Waals surface area contributed by atoms with E-state index in [0.717, 1.165) is 43.2 Å². The second-order valence-corrected chi connectivity index (χ2v) is 7.61. The zero-order valence-electron chi connectivity index (χ0n) is 12.9. The third-order valence-corrected chi connectivity index (χ3v) is 5.85. The third-order valence-electron chi connectivity index (χ3n) is 4.75. The van der Waals surface area contributed by atoms with Crippen molar-refractivity contribution < 1.29 is 4.79 Å². The topological polar surface area (TPSA) is 36.4 Å². The summed E-state index contributed by atoms with van der Waals surface area (Å²) in [6.07, 6.45) is 2.41. The van der Waals surface area contributed by atoms with Gasteiger partial charge in [-0.25, -0.2) is 4.98 Å². The first-order valence-electron chi connectivity index (χ1n) is 8.10. The largest absolute Gasteiger partial charge is 0.346 e. The number of likely N-dealkylation sites (tertiary alicyclic amines) is 1. The van der Waals surface area contributed by atoms with Gasteiger partial charge in [-0.05, 0) is 30.9 Å². The molecule has 4 rings (SSSR count). The molecule has 1 amide bonds. The molecule has 0 saturated carbocycles. The van der Waals surface area contributed by atoms with Crippen LogP contribution >= 0.6 is 11.3 Å². The van der Waals surface area contributed by atoms with Crippen molar-refractivity contribution in [2.75, 3.05) is 31.1 Å². The predicted molar refractivity (Wildman–Crippen MR) is 90.3 cm³/mol. The van der Waals surface area contributed by atoms with Crippen LogP contribution in [-0.2, 0) is 4.79 Å². The van der Waals surface area contributed by atoms with Gasteiger partial charge in [0.25, 0.3) is 0 Å². The summed E-state index contributed by atoms with van der Waals surface area (Å²) < 4.78 is 1.22. The molecule has 0 radical (unpaired) electrons. The minimum absolute atomic E-state index is 0.164. The van der Waals surface area contributed by atoms with Crippen molar-refractivity contribution in [3.05, 3.63) is 24.3 Å². The molecule has 5 heteroatoms. The number of para-hydroxylation sites is 1. The van der Waals surface area contributed by atoms with Crippen molar-refractivity contribution in [3.63, 3.8) is 0 Å². The van der Waals surface area contributed by atoms with Gasteiger partial charge in [-0.3, -0.25) is 4.79 Å². The van der Waals surface area contributed by atoms with Crippen LogP contribution in [0, 0.1) is 11.8 Å². The Morgan fingerprint density at radius 3 is 2.86 bits per heavy atom. The van der Waals surface area contributed by atoms with Gasteiger partial charge in [-0.1, -0.05) is 30.4 Å². The van der Waals surface area contributed by atoms with Crippen LogP contribution in [0.25, 0.3) is 10.2 Å². The molecule has 2 aromatic rings. The number of fused-ring (bicyclic) bond motifs is 1. The summed E-state index contributed by atoms with van der Waals surface area (Å²) in [6.45, 7) is 5.78. The van der Waals surface area contributed by atoms with Gasteiger partial charge >= 0.3 is 0 Å². The molecule has 1 atom stereocenters. The van der Waals surface area contributed by atoms with E-state index in [-0.39, 0.29) is 5.92 Å². The lowest BCUT2D eigenvalue weighted by Gasteiger charge is -2.42. The number of aromatic nitrogens is 1. The second kappa shape index (κ2) is 5.54. The van der Waals surface area contributed by atoms with E-state index < -0.39 is 0 Å². The summed E-state index contributed by atoms with van der Waals surface area (Å²) in [6, 6.07) is 8.22. The molecule has 2 aliphatic rings. The molecule has 0 spiro atoms. The second-order valence-electron chi connectivity index (χ2n) is 6.60. The maximum absolute atomic E-state index is 12.6. The molecule has 0 aliphatic carbocycles. The van der Waals surface area contributed by atoms with E-state index >= 15 is 0 Å². The van der Waals surface area contributed by atoms with E-state index in [9.17, 15) is 4.79 Å². The summed E-state index contributed by atoms with van der Waals surface area (Å²) >= 11 is 1.72. The summed E-state index contributed by atoms with van der Waals surface area (Å²) in [5.74, 6) is 1.17. The fourth-order valence-corrected chi connectivity index (χ4v) is 4.42. The number of rotatable bonds is 2. The molecule has 4 nitrogen and oxygen atoms in total. The SMILES string of the molecule is CC1CCCN(C(=O)C2CN(c3nc4ccccc4s3)C2)C1. The zero-order chi connectivity index (χ0) is 15.1. The van der Waals surface area contributed by atoms with Crippen LogP contribution in [0.15, 0.2) is 24.3 Å². The number of carbonyl (C=O) groups is 1. The molecule has 2 saturated heterocycles. The molecule has 22 heavy (non-hydrogen) atoms. The molecule has 2 aliphatic heterocycles. The number of thiazole rings is 1. The smallest absolute Gasteiger partial charge is 0.229 e. The third kappa shape index (κ3) is 2.47. The number of benzene rings is 1. The Balaban J connectivity index is 1.40. The van der Waals surface area contributed by atoms with Gasteiger partial charge in [0, 0.05) is 26.2 Å². The minimum atomic E-state index is 0.164. The Bertz CT molecular complexity index is 659. The molecule has 1 aromatic heterocycles. The van der Waals surface area contributed by atoms with E-state index in [1.807, 2.05) is 18.2 Å². The molecule has 1 aromatic carbocycles. The molecule has 0 bridgehead atoms. The Morgan fingerprint density at radius 1 is 1.27 bits per heavy atom. The molecule has 0 N–H and O–H groups in total. The number of nitrogens with zero attached hydrogens (tertiary/aromatic N) is 3. The fraction of sp³-hybridized carbons (Fsp3) is 0.529. The van der Waals surface area contributed by atoms with Crippen LogP contribution in [0.2, 0.25) is 0 Å². The highest BCUT2D eigenvalue weighted by Gasteiger charge is 2.37. The number of anilines is 1. The summed E-state index contributed by atoms with van der Waals surface area (Å²) in [5, 5.41) is 1.05. The number of hydrogen-bond donors (Lipinski definition) is 0. The maximum atomic E-state index is 12.6. The average Bonchev–Trinajstić information content (AvgIpc) is 2.89. The molecule has 1 unspecified atom stereocenters. The Kier molecular flexibility index (Phi) is 3.53. The van der Waals surface area contributed by atoms with Crippen LogP contribution in [0.4, 0.5) is 5.13 Å². The van der Waals surface area contributed by atoms with Crippen molar-refractivity contribution in [2.45, 2.75) is 19.8 Å². The maximum Gasteiger partial charge on any atom is 0.229 e. The van der Waals surface area contributed by atoms with Crippen LogP contribution in [-0.4, -0.2) is 42.0 Å². The Hall–Kier alpha value is -1.62. The van der Waals surface area contributed by atoms with Crippen molar-refractivity contribution in [1.29, 1.82) is 0 Å². The quantitative estimate of drug-likeness (QED) is 0.855. The summed E-state index contributed by atoms with van der Waals surface area (Å²) in [5.41, 5.74) is 1.06. The number of piperidine rings is 1. The molecular weight excluding hydrogens is 294 g/mol. The normalized spacial score (nSPS) is 22.9. The van der Waals surface area contributed by atoms with Crippen LogP contribution in [0.1, 0.15) is 19.8 Å². The van der Waals surface area contributed by atoms with Crippen LogP contribution in [0.3, 0.4) is 0 Å². The predicted octanol–water partition coefficient (Wildman–Crippen LogP) is 2.99. The van der Waals surface area contributed by atoms with Gasteiger partial charge in [-0.2, -0.15) is 0 Å². The number of amides is 1. The summed E-state index contributed by atoms with van der Waals surface area (Å²) in [4.78, 5) is 21.5. The Labute approximate surface area is 134 Å². The molecule has 3 heterocycles. The van der Waals surface area contributed by atoms with Crippen molar-refractivity contribution in [3.8, 4) is 0 Å². The molecular formula is C17H21N3OS. The van der Waals surface area contributed by atoms with Crippen LogP contribution < -0.4 is 4.90 Å². The number of carbonyl (C=O) groups excluding carboxylic acids is 1. The van der Waals surface area contributed by atoms with Crippen LogP contribution in [0.5, 0.6) is 0 Å². The van der Waals surface area contributed by atoms with Crippen molar-refractivity contribution in [1.82, 2.24) is 9.88 Å². The van der Waals surface area contributed by atoms with Crippen molar-refractivity contribution in [2.24, 2.45) is 11.8 Å². The van der Waals surface area contributed by atoms with E-state index in [1.54, 1.807) is 11.3 Å². The Morgan fingerprint density at radius 2 is 2.09 bits per heavy atom. The highest BCUT2D eigenvalue weighted by atomic mass is 32.1. The van der Waals surface area contributed by atoms with Gasteiger partial charge < -0.3 is 9.80 Å². The van der Waals surface area contributed by atoms with Gasteiger partial charge in [0.2, 0.25) is 5.91 Å². The van der Waals surface area contributed by atoms with E-state index in [2.05, 4.69) is 27.8 Å². The highest BCUT2D eigenvalue weighted by Crippen LogP contribution is 2.33. The lowest BCUT2D eigenvalue weighted by atomic mass is 9.95. The first kappa shape index (κ1) is 14.0. The van der Waals surface area contributed by atoms with E-state index in [0.29, 0.717) is 11.8 Å². The zero-order valence-corrected chi connectivity index (χ0v) is 13.7. The van der Waals surface area contributed by atoms with E-state index in [1.165, 1.54) is 11.1 Å². The van der Waals surface area contributed by atoms with Gasteiger partial charge in [0.05, 0.1) is 16.1 Å². The minimum Gasteiger partial charge on any atom is -0.346 e. The molecule has 116 valence electrons. The first-order chi connectivity index (χ1) is 10.7. The number of hydrogen-bond acceptors (Lipinski definition) is 4. The van der Waals surface area contributed by atoms with Gasteiger partial charge in [-0.15, -0.1) is 0 Å². The lowest BCUT2D eigenvalue weighted by Crippen LogP contribution is -2.56. The van der Waals surface area contributed by atoms with E-state index in [4.69, 9.17) is 0 Å². The fourth-order valence-electron chi connectivity index (χ4n) is 3.43. The molecule has 2 fully saturated rings. The van der Waals surface area contributed by atoms with Gasteiger partial charge in [0.1, 0.15) is 0 Å².